The number of rotatable bonds is 3. The zero-order valence-corrected chi connectivity index (χ0v) is 8.84. The van der Waals surface area contributed by atoms with Gasteiger partial charge in [-0.25, -0.2) is 13.4 Å². The van der Waals surface area contributed by atoms with Gasteiger partial charge in [0.2, 0.25) is 5.91 Å². The highest BCUT2D eigenvalue weighted by atomic mass is 35.7. The summed E-state index contributed by atoms with van der Waals surface area (Å²) in [4.78, 5) is 14.2. The molecule has 6 nitrogen and oxygen atoms in total. The predicted molar refractivity (Wildman–Crippen MR) is 49.2 cm³/mol. The highest BCUT2D eigenvalue weighted by Gasteiger charge is 2.16. The molecule has 14 heavy (non-hydrogen) atoms. The third-order valence-electron chi connectivity index (χ3n) is 1.53. The second kappa shape index (κ2) is 3.58. The Balaban J connectivity index is 3.12. The summed E-state index contributed by atoms with van der Waals surface area (Å²) in [5.41, 5.74) is 4.94. The SMILES string of the molecule is Cc1nc(S(=O)(=O)Cl)cn1CC(N)=O. The first-order valence-corrected chi connectivity index (χ1v) is 5.88. The highest BCUT2D eigenvalue weighted by molar-refractivity contribution is 8.13. The first-order chi connectivity index (χ1) is 6.30. The number of carbonyl (C=O) groups excluding carboxylic acids is 1. The molecule has 0 atom stereocenters. The van der Waals surface area contributed by atoms with Gasteiger partial charge in [-0.2, -0.15) is 0 Å². The number of primary amides is 1. The van der Waals surface area contributed by atoms with Crippen molar-refractivity contribution < 1.29 is 13.2 Å². The number of hydrogen-bond donors (Lipinski definition) is 1. The van der Waals surface area contributed by atoms with Crippen molar-refractivity contribution in [3.63, 3.8) is 0 Å². The first-order valence-electron chi connectivity index (χ1n) is 3.57. The topological polar surface area (TPSA) is 95.1 Å². The zero-order valence-electron chi connectivity index (χ0n) is 7.27. The number of nitrogens with two attached hydrogens (primary N) is 1. The number of aromatic nitrogens is 2. The van der Waals surface area contributed by atoms with Gasteiger partial charge in [0.05, 0.1) is 0 Å². The van der Waals surface area contributed by atoms with E-state index >= 15 is 0 Å². The summed E-state index contributed by atoms with van der Waals surface area (Å²) in [5, 5.41) is -0.280. The van der Waals surface area contributed by atoms with Gasteiger partial charge in [0.1, 0.15) is 12.4 Å². The minimum atomic E-state index is -3.85. The van der Waals surface area contributed by atoms with Gasteiger partial charge in [0.15, 0.2) is 5.03 Å². The van der Waals surface area contributed by atoms with E-state index in [1.54, 1.807) is 6.92 Å². The van der Waals surface area contributed by atoms with Crippen LogP contribution in [0.4, 0.5) is 0 Å². The Morgan fingerprint density at radius 1 is 1.71 bits per heavy atom. The van der Waals surface area contributed by atoms with Crippen LogP contribution in [0.25, 0.3) is 0 Å². The van der Waals surface area contributed by atoms with E-state index in [4.69, 9.17) is 16.4 Å². The number of aryl methyl sites for hydroxylation is 1. The minimum Gasteiger partial charge on any atom is -0.368 e. The molecule has 0 saturated carbocycles. The summed E-state index contributed by atoms with van der Waals surface area (Å²) in [6.07, 6.45) is 1.17. The molecular weight excluding hydrogens is 230 g/mol. The zero-order chi connectivity index (χ0) is 10.9. The Labute approximate surface area is 85.1 Å². The average Bonchev–Trinajstić information content (AvgIpc) is 2.30. The normalized spacial score (nSPS) is 11.6. The van der Waals surface area contributed by atoms with E-state index in [1.165, 1.54) is 10.8 Å². The lowest BCUT2D eigenvalue weighted by Gasteiger charge is -1.98. The molecule has 0 saturated heterocycles. The molecule has 0 fully saturated rings. The fourth-order valence-electron chi connectivity index (χ4n) is 0.925. The van der Waals surface area contributed by atoms with Crippen LogP contribution < -0.4 is 5.73 Å². The summed E-state index contributed by atoms with van der Waals surface area (Å²) in [7, 11) is 1.21. The van der Waals surface area contributed by atoms with Gasteiger partial charge in [0, 0.05) is 16.9 Å². The van der Waals surface area contributed by atoms with Crippen molar-refractivity contribution in [3.8, 4) is 0 Å². The largest absolute Gasteiger partial charge is 0.368 e. The molecule has 8 heteroatoms. The van der Waals surface area contributed by atoms with Gasteiger partial charge in [-0.05, 0) is 6.92 Å². The molecule has 0 bridgehead atoms. The van der Waals surface area contributed by atoms with Crippen LogP contribution in [0.1, 0.15) is 5.82 Å². The molecule has 1 aromatic rings. The van der Waals surface area contributed by atoms with Crippen molar-refractivity contribution in [2.24, 2.45) is 5.73 Å². The van der Waals surface area contributed by atoms with Crippen LogP contribution in [-0.4, -0.2) is 23.9 Å². The fraction of sp³-hybridized carbons (Fsp3) is 0.333. The molecule has 0 aliphatic rings. The number of nitrogens with zero attached hydrogens (tertiary/aromatic N) is 2. The lowest BCUT2D eigenvalue weighted by Crippen LogP contribution is -2.18. The van der Waals surface area contributed by atoms with Crippen LogP contribution in [0.5, 0.6) is 0 Å². The van der Waals surface area contributed by atoms with Gasteiger partial charge in [-0.3, -0.25) is 4.79 Å². The third kappa shape index (κ3) is 2.46. The van der Waals surface area contributed by atoms with Crippen molar-refractivity contribution in [1.29, 1.82) is 0 Å². The Morgan fingerprint density at radius 2 is 2.29 bits per heavy atom. The first kappa shape index (κ1) is 11.0. The standard InChI is InChI=1S/C6H8ClN3O3S/c1-4-9-6(14(7,12)13)3-10(4)2-5(8)11/h3H,2H2,1H3,(H2,8,11). The number of halogens is 1. The molecule has 1 rings (SSSR count). The predicted octanol–water partition coefficient (Wildman–Crippen LogP) is -0.396. The Kier molecular flexibility index (Phi) is 2.81. The molecule has 0 spiro atoms. The summed E-state index contributed by atoms with van der Waals surface area (Å²) in [5.74, 6) is -0.216. The van der Waals surface area contributed by atoms with Gasteiger partial charge in [0.25, 0.3) is 9.05 Å². The molecule has 0 unspecified atom stereocenters. The maximum atomic E-state index is 10.9. The Bertz CT molecular complexity index is 465. The lowest BCUT2D eigenvalue weighted by atomic mass is 10.5. The number of amides is 1. The maximum Gasteiger partial charge on any atom is 0.280 e. The second-order valence-electron chi connectivity index (χ2n) is 2.66. The van der Waals surface area contributed by atoms with Crippen LogP contribution in [0.15, 0.2) is 11.2 Å². The van der Waals surface area contributed by atoms with E-state index in [-0.39, 0.29) is 11.6 Å². The summed E-state index contributed by atoms with van der Waals surface area (Å²) >= 11 is 0. The van der Waals surface area contributed by atoms with Crippen LogP contribution in [0.3, 0.4) is 0 Å². The van der Waals surface area contributed by atoms with Gasteiger partial charge >= 0.3 is 0 Å². The molecule has 0 aliphatic heterocycles. The Hall–Kier alpha value is -1.08. The third-order valence-corrected chi connectivity index (χ3v) is 2.70. The summed E-state index contributed by atoms with van der Waals surface area (Å²) in [6, 6.07) is 0. The van der Waals surface area contributed by atoms with E-state index in [1.807, 2.05) is 0 Å². The van der Waals surface area contributed by atoms with E-state index in [0.29, 0.717) is 5.82 Å². The van der Waals surface area contributed by atoms with E-state index in [0.717, 1.165) is 0 Å². The molecule has 0 aromatic carbocycles. The van der Waals surface area contributed by atoms with E-state index in [9.17, 15) is 13.2 Å². The van der Waals surface area contributed by atoms with Crippen LogP contribution >= 0.6 is 10.7 Å². The number of carbonyl (C=O) groups is 1. The fourth-order valence-corrected chi connectivity index (χ4v) is 1.64. The molecular formula is C6H8ClN3O3S. The molecule has 1 aromatic heterocycles. The quantitative estimate of drug-likeness (QED) is 0.724. The molecule has 1 heterocycles. The van der Waals surface area contributed by atoms with Crippen molar-refractivity contribution in [2.75, 3.05) is 0 Å². The number of hydrogen-bond acceptors (Lipinski definition) is 4. The lowest BCUT2D eigenvalue weighted by molar-refractivity contribution is -0.118. The summed E-state index contributed by atoms with van der Waals surface area (Å²) < 4.78 is 23.0. The summed E-state index contributed by atoms with van der Waals surface area (Å²) in [6.45, 7) is 1.43. The van der Waals surface area contributed by atoms with Crippen LogP contribution in [0.2, 0.25) is 0 Å². The molecule has 0 radical (unpaired) electrons. The van der Waals surface area contributed by atoms with Crippen LogP contribution in [0, 0.1) is 6.92 Å². The van der Waals surface area contributed by atoms with Gasteiger partial charge in [-0.1, -0.05) is 0 Å². The maximum absolute atomic E-state index is 10.9. The van der Waals surface area contributed by atoms with Gasteiger partial charge in [-0.15, -0.1) is 0 Å². The monoisotopic (exact) mass is 237 g/mol. The van der Waals surface area contributed by atoms with Crippen molar-refractivity contribution in [3.05, 3.63) is 12.0 Å². The van der Waals surface area contributed by atoms with Crippen molar-refractivity contribution >= 4 is 25.6 Å². The molecule has 0 aliphatic carbocycles. The molecule has 1 amide bonds. The van der Waals surface area contributed by atoms with Crippen LogP contribution in [-0.2, 0) is 20.4 Å². The Morgan fingerprint density at radius 3 is 2.64 bits per heavy atom. The minimum absolute atomic E-state index is 0.120. The van der Waals surface area contributed by atoms with E-state index < -0.39 is 15.0 Å². The molecule has 2 N–H and O–H groups in total. The van der Waals surface area contributed by atoms with Gasteiger partial charge < -0.3 is 10.3 Å². The van der Waals surface area contributed by atoms with Crippen molar-refractivity contribution in [1.82, 2.24) is 9.55 Å². The second-order valence-corrected chi connectivity index (χ2v) is 5.17. The highest BCUT2D eigenvalue weighted by Crippen LogP contribution is 2.13. The number of imidazole rings is 1. The van der Waals surface area contributed by atoms with Crippen molar-refractivity contribution in [2.45, 2.75) is 18.5 Å². The molecule has 78 valence electrons. The average molecular weight is 238 g/mol. The smallest absolute Gasteiger partial charge is 0.280 e. The van der Waals surface area contributed by atoms with E-state index in [2.05, 4.69) is 4.98 Å².